The van der Waals surface area contributed by atoms with Gasteiger partial charge >= 0.3 is 0 Å². The van der Waals surface area contributed by atoms with E-state index >= 15 is 0 Å². The first kappa shape index (κ1) is 13.7. The molecule has 2 heterocycles. The molecule has 0 fully saturated rings. The van der Waals surface area contributed by atoms with Crippen LogP contribution in [0.2, 0.25) is 0 Å². The smallest absolute Gasteiger partial charge is 0.300 e. The summed E-state index contributed by atoms with van der Waals surface area (Å²) in [6, 6.07) is 0.357. The zero-order valence-electron chi connectivity index (χ0n) is 10.3. The largest absolute Gasteiger partial charge is 0.459 e. The molecule has 1 aromatic heterocycles. The molecule has 2 N–H and O–H groups in total. The number of hydrogen-bond acceptors (Lipinski definition) is 5. The highest BCUT2D eigenvalue weighted by Crippen LogP contribution is 2.22. The minimum absolute atomic E-state index is 0.0436. The number of aryl methyl sites for hydroxylation is 1. The summed E-state index contributed by atoms with van der Waals surface area (Å²) in [5.41, 5.74) is 0.359. The predicted molar refractivity (Wildman–Crippen MR) is 62.0 cm³/mol. The van der Waals surface area contributed by atoms with E-state index in [0.29, 0.717) is 18.1 Å². The molecular formula is C11H18N2O4. The zero-order chi connectivity index (χ0) is 13.0. The average molecular weight is 242 g/mol. The summed E-state index contributed by atoms with van der Waals surface area (Å²) in [6.07, 6.45) is 1.65. The first-order chi connectivity index (χ1) is 8.11. The standard InChI is InChI=1S/C10H14N2O3.CH4O/c1-6-3-12-4-8(7(2)5-13)15-10(12)11-9(6)14;1-2/h3,7-8,13H,4-5H2,1-2H3;2H,1H3. The number of rotatable bonds is 2. The number of fused-ring (bicyclic) bond motifs is 1. The number of ether oxygens (including phenoxy) is 1. The van der Waals surface area contributed by atoms with Crippen molar-refractivity contribution in [3.8, 4) is 6.01 Å². The molecule has 0 bridgehead atoms. The summed E-state index contributed by atoms with van der Waals surface area (Å²) in [6.45, 7) is 4.35. The number of nitrogens with zero attached hydrogens (tertiary/aromatic N) is 2. The fourth-order valence-corrected chi connectivity index (χ4v) is 1.59. The summed E-state index contributed by atoms with van der Waals surface area (Å²) in [4.78, 5) is 15.1. The maximum atomic E-state index is 11.3. The predicted octanol–water partition coefficient (Wildman–Crippen LogP) is -0.450. The molecule has 96 valence electrons. The number of aliphatic hydroxyl groups excluding tert-OH is 2. The van der Waals surface area contributed by atoms with Gasteiger partial charge in [-0.3, -0.25) is 9.36 Å². The first-order valence-electron chi connectivity index (χ1n) is 5.42. The monoisotopic (exact) mass is 242 g/mol. The fraction of sp³-hybridized carbons (Fsp3) is 0.636. The molecule has 2 unspecified atom stereocenters. The second-order valence-electron chi connectivity index (χ2n) is 3.98. The third-order valence-corrected chi connectivity index (χ3v) is 2.69. The van der Waals surface area contributed by atoms with Crippen LogP contribution in [0.25, 0.3) is 0 Å². The average Bonchev–Trinajstić information content (AvgIpc) is 2.74. The molecule has 0 aromatic carbocycles. The van der Waals surface area contributed by atoms with Crippen molar-refractivity contribution in [1.82, 2.24) is 9.55 Å². The van der Waals surface area contributed by atoms with Gasteiger partial charge in [0.05, 0.1) is 6.54 Å². The van der Waals surface area contributed by atoms with Gasteiger partial charge in [0.25, 0.3) is 11.6 Å². The Bertz CT molecular complexity index is 430. The first-order valence-corrected chi connectivity index (χ1v) is 5.42. The van der Waals surface area contributed by atoms with Crippen LogP contribution in [0.5, 0.6) is 6.01 Å². The molecule has 2 atom stereocenters. The van der Waals surface area contributed by atoms with Gasteiger partial charge in [-0.25, -0.2) is 0 Å². The Hall–Kier alpha value is -1.40. The third kappa shape index (κ3) is 2.83. The molecule has 0 amide bonds. The van der Waals surface area contributed by atoms with Gasteiger partial charge in [0.15, 0.2) is 0 Å². The van der Waals surface area contributed by atoms with Crippen LogP contribution in [-0.4, -0.2) is 39.6 Å². The summed E-state index contributed by atoms with van der Waals surface area (Å²) in [5, 5.41) is 16.0. The summed E-state index contributed by atoms with van der Waals surface area (Å²) < 4.78 is 7.30. The van der Waals surface area contributed by atoms with Crippen LogP contribution in [0.15, 0.2) is 11.0 Å². The summed E-state index contributed by atoms with van der Waals surface area (Å²) in [5.74, 6) is 0.0436. The van der Waals surface area contributed by atoms with Gasteiger partial charge in [-0.1, -0.05) is 6.92 Å². The lowest BCUT2D eigenvalue weighted by Gasteiger charge is -2.14. The lowest BCUT2D eigenvalue weighted by Crippen LogP contribution is -2.26. The van der Waals surface area contributed by atoms with Gasteiger partial charge in [0, 0.05) is 31.4 Å². The number of hydrogen-bond donors (Lipinski definition) is 2. The van der Waals surface area contributed by atoms with E-state index in [1.807, 2.05) is 11.5 Å². The molecule has 6 heteroatoms. The summed E-state index contributed by atoms with van der Waals surface area (Å²) in [7, 11) is 1.00. The zero-order valence-corrected chi connectivity index (χ0v) is 10.3. The van der Waals surface area contributed by atoms with E-state index in [0.717, 1.165) is 7.11 Å². The van der Waals surface area contributed by atoms with Crippen molar-refractivity contribution in [2.75, 3.05) is 13.7 Å². The maximum absolute atomic E-state index is 11.3. The van der Waals surface area contributed by atoms with Crippen molar-refractivity contribution in [3.05, 3.63) is 22.1 Å². The van der Waals surface area contributed by atoms with Crippen LogP contribution in [0, 0.1) is 12.8 Å². The highest BCUT2D eigenvalue weighted by atomic mass is 16.5. The molecule has 0 radical (unpaired) electrons. The maximum Gasteiger partial charge on any atom is 0.300 e. The highest BCUT2D eigenvalue weighted by Gasteiger charge is 2.28. The number of aromatic nitrogens is 2. The van der Waals surface area contributed by atoms with Crippen LogP contribution in [0.1, 0.15) is 12.5 Å². The minimum Gasteiger partial charge on any atom is -0.459 e. The molecule has 0 saturated carbocycles. The van der Waals surface area contributed by atoms with Crippen LogP contribution in [0.4, 0.5) is 0 Å². The second-order valence-corrected chi connectivity index (χ2v) is 3.98. The molecule has 1 aromatic rings. The lowest BCUT2D eigenvalue weighted by molar-refractivity contribution is 0.110. The number of aliphatic hydroxyl groups is 2. The quantitative estimate of drug-likeness (QED) is 0.733. The van der Waals surface area contributed by atoms with Gasteiger partial charge in [0.1, 0.15) is 6.10 Å². The van der Waals surface area contributed by atoms with E-state index in [4.69, 9.17) is 14.9 Å². The molecule has 2 rings (SSSR count). The van der Waals surface area contributed by atoms with Crippen LogP contribution in [0.3, 0.4) is 0 Å². The third-order valence-electron chi connectivity index (χ3n) is 2.69. The van der Waals surface area contributed by atoms with E-state index in [1.54, 1.807) is 13.1 Å². The fourth-order valence-electron chi connectivity index (χ4n) is 1.59. The van der Waals surface area contributed by atoms with Gasteiger partial charge < -0.3 is 14.9 Å². The molecule has 1 aliphatic rings. The Morgan fingerprint density at radius 2 is 2.29 bits per heavy atom. The molecule has 0 saturated heterocycles. The van der Waals surface area contributed by atoms with Crippen molar-refractivity contribution in [2.45, 2.75) is 26.5 Å². The van der Waals surface area contributed by atoms with Gasteiger partial charge in [0.2, 0.25) is 0 Å². The lowest BCUT2D eigenvalue weighted by atomic mass is 10.1. The van der Waals surface area contributed by atoms with Crippen LogP contribution in [-0.2, 0) is 6.54 Å². The van der Waals surface area contributed by atoms with Gasteiger partial charge in [-0.15, -0.1) is 0 Å². The van der Waals surface area contributed by atoms with Crippen LogP contribution < -0.4 is 10.3 Å². The molecule has 6 nitrogen and oxygen atoms in total. The van der Waals surface area contributed by atoms with E-state index < -0.39 is 0 Å². The Labute approximate surface area is 99.5 Å². The van der Waals surface area contributed by atoms with Crippen molar-refractivity contribution in [3.63, 3.8) is 0 Å². The molecular weight excluding hydrogens is 224 g/mol. The Morgan fingerprint density at radius 3 is 2.88 bits per heavy atom. The molecule has 0 aliphatic carbocycles. The molecule has 0 spiro atoms. The van der Waals surface area contributed by atoms with E-state index in [1.165, 1.54) is 0 Å². The van der Waals surface area contributed by atoms with E-state index in [2.05, 4.69) is 4.98 Å². The minimum atomic E-state index is -0.251. The SMILES string of the molecule is CO.Cc1cn2c(nc1=O)OC(C(C)CO)C2. The molecule has 17 heavy (non-hydrogen) atoms. The Morgan fingerprint density at radius 1 is 1.65 bits per heavy atom. The van der Waals surface area contributed by atoms with Gasteiger partial charge in [-0.2, -0.15) is 4.98 Å². The van der Waals surface area contributed by atoms with E-state index in [9.17, 15) is 4.79 Å². The van der Waals surface area contributed by atoms with Crippen molar-refractivity contribution < 1.29 is 14.9 Å². The van der Waals surface area contributed by atoms with Gasteiger partial charge in [-0.05, 0) is 6.92 Å². The highest BCUT2D eigenvalue weighted by molar-refractivity contribution is 5.11. The molecule has 1 aliphatic heterocycles. The normalized spacial score (nSPS) is 18.8. The second kappa shape index (κ2) is 5.79. The Balaban J connectivity index is 0.000000686. The van der Waals surface area contributed by atoms with Crippen molar-refractivity contribution >= 4 is 0 Å². The van der Waals surface area contributed by atoms with Crippen molar-refractivity contribution in [1.29, 1.82) is 0 Å². The Kier molecular flexibility index (Phi) is 4.65. The topological polar surface area (TPSA) is 84.6 Å². The van der Waals surface area contributed by atoms with Crippen LogP contribution >= 0.6 is 0 Å². The van der Waals surface area contributed by atoms with Crippen molar-refractivity contribution in [2.24, 2.45) is 5.92 Å². The van der Waals surface area contributed by atoms with E-state index in [-0.39, 0.29) is 24.2 Å². The summed E-state index contributed by atoms with van der Waals surface area (Å²) >= 11 is 0.